The van der Waals surface area contributed by atoms with Crippen molar-refractivity contribution in [3.8, 4) is 5.75 Å². The second-order valence-corrected chi connectivity index (χ2v) is 12.5. The number of ether oxygens (including phenoxy) is 1. The van der Waals surface area contributed by atoms with E-state index in [1.54, 1.807) is 0 Å². The van der Waals surface area contributed by atoms with Gasteiger partial charge in [0.25, 0.3) is 0 Å². The summed E-state index contributed by atoms with van der Waals surface area (Å²) in [5.74, 6) is 0.870. The number of aryl methyl sites for hydroxylation is 1. The molecule has 4 N–H and O–H groups in total. The Morgan fingerprint density at radius 2 is 1.58 bits per heavy atom. The normalized spacial score (nSPS) is 12.2. The molecule has 0 unspecified atom stereocenters. The fourth-order valence-electron chi connectivity index (χ4n) is 2.81. The van der Waals surface area contributed by atoms with Crippen molar-refractivity contribution < 1.29 is 14.9 Å². The van der Waals surface area contributed by atoms with E-state index in [0.717, 1.165) is 17.4 Å². The Morgan fingerprint density at radius 1 is 0.962 bits per heavy atom. The maximum atomic E-state index is 9.25. The first kappa shape index (κ1) is 20.6. The first-order chi connectivity index (χ1) is 12.4. The van der Waals surface area contributed by atoms with Crippen molar-refractivity contribution in [2.24, 2.45) is 5.73 Å². The average Bonchev–Trinajstić information content (AvgIpc) is 2.67. The number of rotatable bonds is 10. The Bertz CT molecular complexity index is 655. The summed E-state index contributed by atoms with van der Waals surface area (Å²) < 4.78 is 5.94. The van der Waals surface area contributed by atoms with Gasteiger partial charge in [-0.2, -0.15) is 0 Å². The molecule has 0 fully saturated rings. The Morgan fingerprint density at radius 3 is 2.15 bits per heavy atom. The summed E-state index contributed by atoms with van der Waals surface area (Å²) in [5.41, 5.74) is 6.11. The minimum Gasteiger partial charge on any atom is -0.494 e. The van der Waals surface area contributed by atoms with E-state index in [-0.39, 0.29) is 13.2 Å². The van der Waals surface area contributed by atoms with Crippen LogP contribution in [0, 0.1) is 0 Å². The predicted molar refractivity (Wildman–Crippen MR) is 110 cm³/mol. The molecule has 2 rings (SSSR count). The van der Waals surface area contributed by atoms with Gasteiger partial charge in [0, 0.05) is 0 Å². The summed E-state index contributed by atoms with van der Waals surface area (Å²) in [7, 11) is -1.47. The van der Waals surface area contributed by atoms with Crippen molar-refractivity contribution in [3.05, 3.63) is 60.2 Å². The summed E-state index contributed by atoms with van der Waals surface area (Å²) in [5, 5.41) is 20.0. The van der Waals surface area contributed by atoms with Crippen molar-refractivity contribution >= 4 is 13.3 Å². The molecule has 142 valence electrons. The van der Waals surface area contributed by atoms with Gasteiger partial charge in [-0.15, -0.1) is 0 Å². The van der Waals surface area contributed by atoms with Crippen LogP contribution in [0.4, 0.5) is 0 Å². The van der Waals surface area contributed by atoms with E-state index in [1.165, 1.54) is 5.19 Å². The van der Waals surface area contributed by atoms with Crippen LogP contribution in [0.15, 0.2) is 54.6 Å². The standard InChI is InChI=1S/C21H31NO3Si/c1-26(2,20-6-4-3-5-7-20)15-14-25-19-10-8-18(9-11-19)12-13-21(22,16-23)17-24/h3-11,23-24H,12-17,22H2,1-2H3. The summed E-state index contributed by atoms with van der Waals surface area (Å²) in [4.78, 5) is 0. The molecule has 0 saturated carbocycles. The Kier molecular flexibility index (Phi) is 7.40. The smallest absolute Gasteiger partial charge is 0.119 e. The number of hydrogen-bond acceptors (Lipinski definition) is 4. The van der Waals surface area contributed by atoms with E-state index in [0.29, 0.717) is 19.4 Å². The molecule has 0 radical (unpaired) electrons. The van der Waals surface area contributed by atoms with E-state index >= 15 is 0 Å². The van der Waals surface area contributed by atoms with E-state index in [1.807, 2.05) is 24.3 Å². The Hall–Kier alpha value is -1.66. The largest absolute Gasteiger partial charge is 0.494 e. The molecule has 0 aliphatic heterocycles. The van der Waals surface area contributed by atoms with Crippen molar-refractivity contribution in [2.45, 2.75) is 37.5 Å². The molecule has 4 nitrogen and oxygen atoms in total. The molecule has 0 spiro atoms. The minimum absolute atomic E-state index is 0.216. The maximum Gasteiger partial charge on any atom is 0.119 e. The summed E-state index contributed by atoms with van der Waals surface area (Å²) >= 11 is 0. The third kappa shape index (κ3) is 5.95. The first-order valence-electron chi connectivity index (χ1n) is 9.16. The fourth-order valence-corrected chi connectivity index (χ4v) is 4.81. The highest BCUT2D eigenvalue weighted by Crippen LogP contribution is 2.17. The highest BCUT2D eigenvalue weighted by molar-refractivity contribution is 6.89. The molecule has 0 amide bonds. The van der Waals surface area contributed by atoms with E-state index in [4.69, 9.17) is 10.5 Å². The lowest BCUT2D eigenvalue weighted by atomic mass is 9.94. The van der Waals surface area contributed by atoms with Crippen LogP contribution in [0.1, 0.15) is 12.0 Å². The lowest BCUT2D eigenvalue weighted by Crippen LogP contribution is -2.47. The van der Waals surface area contributed by atoms with Gasteiger partial charge in [-0.25, -0.2) is 0 Å². The summed E-state index contributed by atoms with van der Waals surface area (Å²) in [6.07, 6.45) is 1.25. The first-order valence-corrected chi connectivity index (χ1v) is 12.4. The zero-order valence-electron chi connectivity index (χ0n) is 15.8. The minimum atomic E-state index is -1.47. The molecule has 0 bridgehead atoms. The monoisotopic (exact) mass is 373 g/mol. The molecular formula is C21H31NO3Si. The fraction of sp³-hybridized carbons (Fsp3) is 0.429. The van der Waals surface area contributed by atoms with Crippen molar-refractivity contribution in [1.29, 1.82) is 0 Å². The quantitative estimate of drug-likeness (QED) is 0.559. The van der Waals surface area contributed by atoms with Gasteiger partial charge in [-0.3, -0.25) is 0 Å². The Balaban J connectivity index is 1.82. The van der Waals surface area contributed by atoms with Gasteiger partial charge < -0.3 is 20.7 Å². The van der Waals surface area contributed by atoms with Crippen molar-refractivity contribution in [1.82, 2.24) is 0 Å². The van der Waals surface area contributed by atoms with Gasteiger partial charge in [-0.05, 0) is 36.6 Å². The van der Waals surface area contributed by atoms with Crippen LogP contribution in [0.3, 0.4) is 0 Å². The van der Waals surface area contributed by atoms with Gasteiger partial charge in [0.2, 0.25) is 0 Å². The molecule has 0 aliphatic carbocycles. The van der Waals surface area contributed by atoms with Crippen LogP contribution in [-0.2, 0) is 6.42 Å². The van der Waals surface area contributed by atoms with Crippen LogP contribution in [0.25, 0.3) is 0 Å². The maximum absolute atomic E-state index is 9.25. The molecule has 26 heavy (non-hydrogen) atoms. The van der Waals surface area contributed by atoms with E-state index in [9.17, 15) is 10.2 Å². The van der Waals surface area contributed by atoms with Crippen molar-refractivity contribution in [2.75, 3.05) is 19.8 Å². The van der Waals surface area contributed by atoms with Gasteiger partial charge in [0.1, 0.15) is 5.75 Å². The molecule has 0 aromatic heterocycles. The van der Waals surface area contributed by atoms with Gasteiger partial charge in [0.15, 0.2) is 0 Å². The van der Waals surface area contributed by atoms with E-state index < -0.39 is 13.6 Å². The van der Waals surface area contributed by atoms with Gasteiger partial charge in [-0.1, -0.05) is 60.7 Å². The van der Waals surface area contributed by atoms with Crippen LogP contribution in [0.2, 0.25) is 19.1 Å². The van der Waals surface area contributed by atoms with E-state index in [2.05, 4.69) is 43.4 Å². The average molecular weight is 374 g/mol. The highest BCUT2D eigenvalue weighted by Gasteiger charge is 2.23. The van der Waals surface area contributed by atoms with Gasteiger partial charge in [0.05, 0.1) is 33.4 Å². The molecule has 2 aromatic rings. The topological polar surface area (TPSA) is 75.7 Å². The lowest BCUT2D eigenvalue weighted by Gasteiger charge is -2.24. The number of benzene rings is 2. The number of aliphatic hydroxyl groups is 2. The van der Waals surface area contributed by atoms with Crippen molar-refractivity contribution in [3.63, 3.8) is 0 Å². The molecule has 0 heterocycles. The molecule has 0 atom stereocenters. The Labute approximate surface area is 157 Å². The second-order valence-electron chi connectivity index (χ2n) is 7.67. The summed E-state index contributed by atoms with van der Waals surface area (Å²) in [6.45, 7) is 5.03. The zero-order valence-corrected chi connectivity index (χ0v) is 16.8. The third-order valence-corrected chi connectivity index (χ3v) is 8.37. The molecular weight excluding hydrogens is 342 g/mol. The second kappa shape index (κ2) is 9.32. The SMILES string of the molecule is C[Si](C)(CCOc1ccc(CCC(N)(CO)CO)cc1)c1ccccc1. The third-order valence-electron chi connectivity index (χ3n) is 5.02. The summed E-state index contributed by atoms with van der Waals surface area (Å²) in [6, 6.07) is 19.8. The lowest BCUT2D eigenvalue weighted by molar-refractivity contribution is 0.115. The van der Waals surface area contributed by atoms with Gasteiger partial charge >= 0.3 is 0 Å². The van der Waals surface area contributed by atoms with Crippen LogP contribution in [0.5, 0.6) is 5.75 Å². The van der Waals surface area contributed by atoms with Crippen LogP contribution in [-0.4, -0.2) is 43.6 Å². The number of nitrogens with two attached hydrogens (primary N) is 1. The number of aliphatic hydroxyl groups excluding tert-OH is 2. The molecule has 5 heteroatoms. The molecule has 2 aromatic carbocycles. The molecule has 0 aliphatic rings. The van der Waals surface area contributed by atoms with Crippen LogP contribution >= 0.6 is 0 Å². The zero-order chi connectivity index (χ0) is 19.0. The van der Waals surface area contributed by atoms with Crippen LogP contribution < -0.4 is 15.7 Å². The predicted octanol–water partition coefficient (Wildman–Crippen LogP) is 2.30. The number of hydrogen-bond donors (Lipinski definition) is 3. The highest BCUT2D eigenvalue weighted by atomic mass is 28.3. The molecule has 0 saturated heterocycles.